The van der Waals surface area contributed by atoms with Crippen LogP contribution in [0.5, 0.6) is 0 Å². The second-order valence-electron chi connectivity index (χ2n) is 4.20. The van der Waals surface area contributed by atoms with E-state index in [4.69, 9.17) is 15.0 Å². The van der Waals surface area contributed by atoms with Crippen LogP contribution in [0, 0.1) is 0 Å². The van der Waals surface area contributed by atoms with Gasteiger partial charge in [-0.3, -0.25) is 0 Å². The standard InChI is InChI=1S/C11H20N4O2/c1-2-16-9(8-12)7-10-13-11(14-17-10)15-5-3-4-6-15/h9H,2-8,12H2,1H3. The fraction of sp³-hybridized carbons (Fsp3) is 0.818. The summed E-state index contributed by atoms with van der Waals surface area (Å²) in [5, 5.41) is 3.99. The maximum absolute atomic E-state index is 5.61. The number of nitrogens with two attached hydrogens (primary N) is 1. The minimum Gasteiger partial charge on any atom is -0.377 e. The molecule has 0 aromatic carbocycles. The fourth-order valence-electron chi connectivity index (χ4n) is 2.02. The minimum atomic E-state index is -0.0353. The average Bonchev–Trinajstić information content (AvgIpc) is 2.98. The molecule has 2 rings (SSSR count). The molecule has 0 spiro atoms. The van der Waals surface area contributed by atoms with Crippen LogP contribution >= 0.6 is 0 Å². The summed E-state index contributed by atoms with van der Waals surface area (Å²) in [4.78, 5) is 6.52. The highest BCUT2D eigenvalue weighted by Crippen LogP contribution is 2.16. The van der Waals surface area contributed by atoms with Crippen LogP contribution in [0.15, 0.2) is 4.52 Å². The zero-order valence-electron chi connectivity index (χ0n) is 10.3. The summed E-state index contributed by atoms with van der Waals surface area (Å²) in [5.41, 5.74) is 5.61. The molecule has 1 saturated heterocycles. The van der Waals surface area contributed by atoms with Crippen molar-refractivity contribution in [2.75, 3.05) is 31.1 Å². The summed E-state index contributed by atoms with van der Waals surface area (Å²) in [6.07, 6.45) is 2.96. The van der Waals surface area contributed by atoms with Crippen molar-refractivity contribution in [3.8, 4) is 0 Å². The number of ether oxygens (including phenoxy) is 1. The van der Waals surface area contributed by atoms with Gasteiger partial charge in [0.05, 0.1) is 12.5 Å². The van der Waals surface area contributed by atoms with E-state index in [1.807, 2.05) is 6.92 Å². The molecule has 0 radical (unpaired) electrons. The molecular weight excluding hydrogens is 220 g/mol. The predicted molar refractivity (Wildman–Crippen MR) is 63.9 cm³/mol. The summed E-state index contributed by atoms with van der Waals surface area (Å²) in [6.45, 7) is 5.10. The topological polar surface area (TPSA) is 77.4 Å². The Labute approximate surface area is 101 Å². The molecule has 6 nitrogen and oxygen atoms in total. The molecule has 2 N–H and O–H groups in total. The molecule has 96 valence electrons. The van der Waals surface area contributed by atoms with Gasteiger partial charge in [-0.25, -0.2) is 0 Å². The van der Waals surface area contributed by atoms with E-state index in [9.17, 15) is 0 Å². The van der Waals surface area contributed by atoms with Gasteiger partial charge in [0.25, 0.3) is 5.95 Å². The Kier molecular flexibility index (Phi) is 4.33. The maximum Gasteiger partial charge on any atom is 0.266 e. The Bertz CT molecular complexity index is 336. The van der Waals surface area contributed by atoms with Crippen LogP contribution in [0.3, 0.4) is 0 Å². The van der Waals surface area contributed by atoms with Crippen molar-refractivity contribution in [3.63, 3.8) is 0 Å². The molecule has 1 aromatic heterocycles. The molecule has 2 heterocycles. The van der Waals surface area contributed by atoms with Crippen molar-refractivity contribution in [3.05, 3.63) is 5.89 Å². The van der Waals surface area contributed by atoms with Crippen LogP contribution in [0.2, 0.25) is 0 Å². The first-order valence-corrected chi connectivity index (χ1v) is 6.22. The van der Waals surface area contributed by atoms with Crippen molar-refractivity contribution < 1.29 is 9.26 Å². The van der Waals surface area contributed by atoms with Crippen LogP contribution in [0.1, 0.15) is 25.7 Å². The zero-order valence-corrected chi connectivity index (χ0v) is 10.3. The Morgan fingerprint density at radius 2 is 2.24 bits per heavy atom. The number of hydrogen-bond acceptors (Lipinski definition) is 6. The summed E-state index contributed by atoms with van der Waals surface area (Å²) in [5.74, 6) is 1.31. The highest BCUT2D eigenvalue weighted by atomic mass is 16.5. The van der Waals surface area contributed by atoms with Crippen molar-refractivity contribution in [1.29, 1.82) is 0 Å². The Hall–Kier alpha value is -1.14. The first-order chi connectivity index (χ1) is 8.33. The van der Waals surface area contributed by atoms with E-state index in [0.717, 1.165) is 13.1 Å². The maximum atomic E-state index is 5.61. The lowest BCUT2D eigenvalue weighted by atomic mass is 10.2. The lowest BCUT2D eigenvalue weighted by Gasteiger charge is -2.12. The Morgan fingerprint density at radius 3 is 2.88 bits per heavy atom. The van der Waals surface area contributed by atoms with Gasteiger partial charge >= 0.3 is 0 Å². The average molecular weight is 240 g/mol. The van der Waals surface area contributed by atoms with Crippen molar-refractivity contribution in [2.24, 2.45) is 5.73 Å². The Balaban J connectivity index is 1.92. The van der Waals surface area contributed by atoms with E-state index in [0.29, 0.717) is 31.4 Å². The smallest absolute Gasteiger partial charge is 0.266 e. The molecule has 1 aliphatic rings. The van der Waals surface area contributed by atoms with Crippen molar-refractivity contribution in [1.82, 2.24) is 10.1 Å². The third-order valence-electron chi connectivity index (χ3n) is 2.91. The molecule has 1 aromatic rings. The summed E-state index contributed by atoms with van der Waals surface area (Å²) < 4.78 is 10.7. The second-order valence-corrected chi connectivity index (χ2v) is 4.20. The quantitative estimate of drug-likeness (QED) is 0.783. The molecule has 0 saturated carbocycles. The van der Waals surface area contributed by atoms with E-state index in [1.165, 1.54) is 12.8 Å². The number of rotatable bonds is 6. The molecule has 6 heteroatoms. The van der Waals surface area contributed by atoms with Crippen LogP contribution in [-0.4, -0.2) is 42.5 Å². The predicted octanol–water partition coefficient (Wildman–Crippen LogP) is 0.576. The lowest BCUT2D eigenvalue weighted by molar-refractivity contribution is 0.0636. The Morgan fingerprint density at radius 1 is 1.47 bits per heavy atom. The van der Waals surface area contributed by atoms with Gasteiger partial charge in [-0.15, -0.1) is 0 Å². The van der Waals surface area contributed by atoms with Gasteiger partial charge in [0.2, 0.25) is 5.89 Å². The third kappa shape index (κ3) is 3.17. The number of hydrogen-bond donors (Lipinski definition) is 1. The van der Waals surface area contributed by atoms with Gasteiger partial charge in [-0.05, 0) is 24.9 Å². The summed E-state index contributed by atoms with van der Waals surface area (Å²) in [7, 11) is 0. The minimum absolute atomic E-state index is 0.0353. The van der Waals surface area contributed by atoms with Gasteiger partial charge in [0, 0.05) is 26.2 Å². The molecule has 1 unspecified atom stereocenters. The molecular formula is C11H20N4O2. The van der Waals surface area contributed by atoms with Gasteiger partial charge in [0.1, 0.15) is 0 Å². The van der Waals surface area contributed by atoms with Gasteiger partial charge in [-0.2, -0.15) is 4.98 Å². The fourth-order valence-corrected chi connectivity index (χ4v) is 2.02. The number of nitrogens with zero attached hydrogens (tertiary/aromatic N) is 3. The molecule has 1 fully saturated rings. The van der Waals surface area contributed by atoms with Crippen LogP contribution in [-0.2, 0) is 11.2 Å². The second kappa shape index (κ2) is 5.97. The number of aromatic nitrogens is 2. The van der Waals surface area contributed by atoms with Crippen molar-refractivity contribution in [2.45, 2.75) is 32.3 Å². The summed E-state index contributed by atoms with van der Waals surface area (Å²) in [6, 6.07) is 0. The molecule has 0 aliphatic carbocycles. The van der Waals surface area contributed by atoms with Crippen LogP contribution in [0.4, 0.5) is 5.95 Å². The molecule has 0 bridgehead atoms. The molecule has 1 atom stereocenters. The SMILES string of the molecule is CCOC(CN)Cc1nc(N2CCCC2)no1. The molecule has 17 heavy (non-hydrogen) atoms. The van der Waals surface area contributed by atoms with Crippen LogP contribution in [0.25, 0.3) is 0 Å². The van der Waals surface area contributed by atoms with E-state index >= 15 is 0 Å². The zero-order chi connectivity index (χ0) is 12.1. The van der Waals surface area contributed by atoms with E-state index < -0.39 is 0 Å². The third-order valence-corrected chi connectivity index (χ3v) is 2.91. The van der Waals surface area contributed by atoms with E-state index in [-0.39, 0.29) is 6.10 Å². The first-order valence-electron chi connectivity index (χ1n) is 6.22. The van der Waals surface area contributed by atoms with Gasteiger partial charge in [-0.1, -0.05) is 0 Å². The number of anilines is 1. The van der Waals surface area contributed by atoms with E-state index in [1.54, 1.807) is 0 Å². The van der Waals surface area contributed by atoms with Crippen molar-refractivity contribution >= 4 is 5.95 Å². The largest absolute Gasteiger partial charge is 0.377 e. The highest BCUT2D eigenvalue weighted by Gasteiger charge is 2.19. The normalized spacial score (nSPS) is 17.6. The van der Waals surface area contributed by atoms with Crippen LogP contribution < -0.4 is 10.6 Å². The summed E-state index contributed by atoms with van der Waals surface area (Å²) >= 11 is 0. The monoisotopic (exact) mass is 240 g/mol. The van der Waals surface area contributed by atoms with Gasteiger partial charge < -0.3 is 19.9 Å². The lowest BCUT2D eigenvalue weighted by Crippen LogP contribution is -2.26. The highest BCUT2D eigenvalue weighted by molar-refractivity contribution is 5.28. The first kappa shape index (κ1) is 12.3. The van der Waals surface area contributed by atoms with Gasteiger partial charge in [0.15, 0.2) is 0 Å². The molecule has 1 aliphatic heterocycles. The van der Waals surface area contributed by atoms with E-state index in [2.05, 4.69) is 15.0 Å². The molecule has 0 amide bonds.